The number of hydrogen-bond acceptors (Lipinski definition) is 5. The molecule has 0 spiro atoms. The summed E-state index contributed by atoms with van der Waals surface area (Å²) < 4.78 is 22.6. The number of nitrogens with two attached hydrogens (primary N) is 1. The first-order chi connectivity index (χ1) is 13.7. The van der Waals surface area contributed by atoms with Crippen molar-refractivity contribution in [3.05, 3.63) is 58.9 Å². The second-order valence-corrected chi connectivity index (χ2v) is 8.61. The van der Waals surface area contributed by atoms with Gasteiger partial charge < -0.3 is 15.1 Å². The van der Waals surface area contributed by atoms with Gasteiger partial charge in [0.25, 0.3) is 5.91 Å². The number of amides is 3. The molecule has 0 bridgehead atoms. The number of hydrogen-bond donors (Lipinski definition) is 2. The monoisotopic (exact) mass is 417 g/mol. The summed E-state index contributed by atoms with van der Waals surface area (Å²) in [5.41, 5.74) is 2.98. The molecule has 0 atom stereocenters. The zero-order chi connectivity index (χ0) is 21.2. The van der Waals surface area contributed by atoms with Crippen LogP contribution in [-0.2, 0) is 29.5 Å². The number of carbonyl (C=O) groups excluding carboxylic acids is 2. The minimum atomic E-state index is -3.75. The van der Waals surface area contributed by atoms with E-state index >= 15 is 0 Å². The SMILES string of the molecule is CN(C)C(=O)N1CCc2c(cncc2C(=O)NCc2ccc(S(N)(=O)=O)cc2)C1. The van der Waals surface area contributed by atoms with Crippen LogP contribution in [0.25, 0.3) is 0 Å². The Morgan fingerprint density at radius 2 is 1.90 bits per heavy atom. The van der Waals surface area contributed by atoms with Crippen molar-refractivity contribution in [1.29, 1.82) is 0 Å². The van der Waals surface area contributed by atoms with E-state index in [0.717, 1.165) is 16.7 Å². The minimum Gasteiger partial charge on any atom is -0.348 e. The molecule has 2 heterocycles. The van der Waals surface area contributed by atoms with Crippen LogP contribution in [0.3, 0.4) is 0 Å². The summed E-state index contributed by atoms with van der Waals surface area (Å²) in [5.74, 6) is -0.266. The molecule has 1 aromatic heterocycles. The van der Waals surface area contributed by atoms with Crippen LogP contribution in [0.2, 0.25) is 0 Å². The van der Waals surface area contributed by atoms with Gasteiger partial charge in [0, 0.05) is 46.1 Å². The molecule has 3 amide bonds. The predicted molar refractivity (Wildman–Crippen MR) is 106 cm³/mol. The second-order valence-electron chi connectivity index (χ2n) is 7.04. The largest absolute Gasteiger partial charge is 0.348 e. The number of fused-ring (bicyclic) bond motifs is 1. The first-order valence-corrected chi connectivity index (χ1v) is 10.5. The highest BCUT2D eigenvalue weighted by molar-refractivity contribution is 7.89. The van der Waals surface area contributed by atoms with Crippen molar-refractivity contribution >= 4 is 22.0 Å². The minimum absolute atomic E-state index is 0.0192. The number of sulfonamides is 1. The molecule has 1 aromatic carbocycles. The summed E-state index contributed by atoms with van der Waals surface area (Å²) in [6.45, 7) is 1.18. The van der Waals surface area contributed by atoms with Gasteiger partial charge in [0.2, 0.25) is 10.0 Å². The van der Waals surface area contributed by atoms with Crippen LogP contribution in [0.4, 0.5) is 4.79 Å². The molecule has 10 heteroatoms. The van der Waals surface area contributed by atoms with Gasteiger partial charge in [-0.05, 0) is 35.2 Å². The molecule has 0 aliphatic carbocycles. The highest BCUT2D eigenvalue weighted by Crippen LogP contribution is 2.22. The van der Waals surface area contributed by atoms with Crippen LogP contribution in [0.5, 0.6) is 0 Å². The Kier molecular flexibility index (Phi) is 5.85. The van der Waals surface area contributed by atoms with Crippen LogP contribution < -0.4 is 10.5 Å². The Morgan fingerprint density at radius 1 is 1.21 bits per heavy atom. The Morgan fingerprint density at radius 3 is 2.52 bits per heavy atom. The molecule has 0 unspecified atom stereocenters. The second kappa shape index (κ2) is 8.18. The maximum absolute atomic E-state index is 12.7. The lowest BCUT2D eigenvalue weighted by molar-refractivity contribution is 0.0948. The van der Waals surface area contributed by atoms with Crippen molar-refractivity contribution < 1.29 is 18.0 Å². The van der Waals surface area contributed by atoms with E-state index in [0.29, 0.717) is 25.1 Å². The third-order valence-corrected chi connectivity index (χ3v) is 5.67. The lowest BCUT2D eigenvalue weighted by Gasteiger charge is -2.31. The molecular formula is C19H23N5O4S. The molecular weight excluding hydrogens is 394 g/mol. The number of primary sulfonamides is 1. The molecule has 154 valence electrons. The molecule has 0 radical (unpaired) electrons. The van der Waals surface area contributed by atoms with Gasteiger partial charge in [0.1, 0.15) is 0 Å². The highest BCUT2D eigenvalue weighted by atomic mass is 32.2. The van der Waals surface area contributed by atoms with Crippen molar-refractivity contribution in [3.63, 3.8) is 0 Å². The van der Waals surface area contributed by atoms with Gasteiger partial charge in [-0.1, -0.05) is 12.1 Å². The number of carbonyl (C=O) groups is 2. The Balaban J connectivity index is 1.70. The van der Waals surface area contributed by atoms with E-state index in [1.165, 1.54) is 23.2 Å². The van der Waals surface area contributed by atoms with E-state index in [2.05, 4.69) is 10.3 Å². The van der Waals surface area contributed by atoms with Gasteiger partial charge >= 0.3 is 6.03 Å². The van der Waals surface area contributed by atoms with Crippen LogP contribution in [0, 0.1) is 0 Å². The fourth-order valence-electron chi connectivity index (χ4n) is 3.21. The number of benzene rings is 1. The Labute approximate surface area is 169 Å². The predicted octanol–water partition coefficient (Wildman–Crippen LogP) is 0.699. The van der Waals surface area contributed by atoms with E-state index in [4.69, 9.17) is 5.14 Å². The Hall–Kier alpha value is -2.98. The standard InChI is InChI=1S/C19H23N5O4S/c1-23(2)19(26)24-8-7-16-14(12-24)10-21-11-17(16)18(25)22-9-13-3-5-15(6-4-13)29(20,27)28/h3-6,10-11H,7-9,12H2,1-2H3,(H,22,25)(H2,20,27,28). The fraction of sp³-hybridized carbons (Fsp3) is 0.316. The zero-order valence-corrected chi connectivity index (χ0v) is 17.1. The average Bonchev–Trinajstić information content (AvgIpc) is 2.70. The van der Waals surface area contributed by atoms with Crippen molar-refractivity contribution in [2.45, 2.75) is 24.4 Å². The van der Waals surface area contributed by atoms with Crippen LogP contribution in [-0.4, -0.2) is 55.8 Å². The molecule has 9 nitrogen and oxygen atoms in total. The van der Waals surface area contributed by atoms with Gasteiger partial charge in [-0.2, -0.15) is 0 Å². The van der Waals surface area contributed by atoms with Crippen LogP contribution >= 0.6 is 0 Å². The smallest absolute Gasteiger partial charge is 0.319 e. The normalized spacial score (nSPS) is 13.6. The summed E-state index contributed by atoms with van der Waals surface area (Å²) in [4.78, 5) is 32.3. The number of nitrogens with zero attached hydrogens (tertiary/aromatic N) is 3. The number of rotatable bonds is 4. The summed E-state index contributed by atoms with van der Waals surface area (Å²) in [6, 6.07) is 5.93. The molecule has 0 saturated carbocycles. The Bertz CT molecular complexity index is 1040. The molecule has 3 N–H and O–H groups in total. The van der Waals surface area contributed by atoms with E-state index in [1.54, 1.807) is 37.3 Å². The molecule has 1 aliphatic rings. The first kappa shape index (κ1) is 20.7. The lowest BCUT2D eigenvalue weighted by Crippen LogP contribution is -2.42. The molecule has 3 rings (SSSR count). The quantitative estimate of drug-likeness (QED) is 0.757. The van der Waals surface area contributed by atoms with E-state index < -0.39 is 10.0 Å². The average molecular weight is 417 g/mol. The van der Waals surface area contributed by atoms with Crippen molar-refractivity contribution in [2.75, 3.05) is 20.6 Å². The highest BCUT2D eigenvalue weighted by Gasteiger charge is 2.25. The number of pyridine rings is 1. The van der Waals surface area contributed by atoms with Gasteiger partial charge in [-0.3, -0.25) is 9.78 Å². The summed E-state index contributed by atoms with van der Waals surface area (Å²) >= 11 is 0. The lowest BCUT2D eigenvalue weighted by atomic mass is 9.97. The maximum atomic E-state index is 12.7. The van der Waals surface area contributed by atoms with Gasteiger partial charge in [0.15, 0.2) is 0 Å². The number of urea groups is 1. The topological polar surface area (TPSA) is 126 Å². The van der Waals surface area contributed by atoms with Crippen molar-refractivity contribution in [2.24, 2.45) is 5.14 Å². The van der Waals surface area contributed by atoms with Gasteiger partial charge in [-0.25, -0.2) is 18.4 Å². The maximum Gasteiger partial charge on any atom is 0.319 e. The van der Waals surface area contributed by atoms with Crippen LogP contribution in [0.1, 0.15) is 27.0 Å². The first-order valence-electron chi connectivity index (χ1n) is 8.98. The van der Waals surface area contributed by atoms with Crippen LogP contribution in [0.15, 0.2) is 41.6 Å². The summed E-state index contributed by atoms with van der Waals surface area (Å²) in [5, 5.41) is 7.91. The third kappa shape index (κ3) is 4.72. The summed E-state index contributed by atoms with van der Waals surface area (Å²) in [7, 11) is -0.339. The number of aromatic nitrogens is 1. The third-order valence-electron chi connectivity index (χ3n) is 4.74. The van der Waals surface area contributed by atoms with Gasteiger partial charge in [-0.15, -0.1) is 0 Å². The van der Waals surface area contributed by atoms with Gasteiger partial charge in [0.05, 0.1) is 10.5 Å². The molecule has 1 aliphatic heterocycles. The zero-order valence-electron chi connectivity index (χ0n) is 16.3. The molecule has 2 aromatic rings. The van der Waals surface area contributed by atoms with Crippen molar-refractivity contribution in [3.8, 4) is 0 Å². The molecule has 0 saturated heterocycles. The molecule has 0 fully saturated rings. The van der Waals surface area contributed by atoms with E-state index in [9.17, 15) is 18.0 Å². The van der Waals surface area contributed by atoms with E-state index in [1.807, 2.05) is 0 Å². The molecule has 29 heavy (non-hydrogen) atoms. The van der Waals surface area contributed by atoms with Crippen molar-refractivity contribution in [1.82, 2.24) is 20.1 Å². The summed E-state index contributed by atoms with van der Waals surface area (Å²) in [6.07, 6.45) is 3.79. The fourth-order valence-corrected chi connectivity index (χ4v) is 3.73. The number of nitrogens with one attached hydrogen (secondary N) is 1. The van der Waals surface area contributed by atoms with E-state index in [-0.39, 0.29) is 23.4 Å².